The Balaban J connectivity index is 1.67. The molecule has 6 heteroatoms. The normalized spacial score (nSPS) is 21.9. The summed E-state index contributed by atoms with van der Waals surface area (Å²) in [7, 11) is 0. The highest BCUT2D eigenvalue weighted by Gasteiger charge is 2.28. The van der Waals surface area contributed by atoms with Crippen LogP contribution in [0.25, 0.3) is 0 Å². The first kappa shape index (κ1) is 14.8. The number of rotatable bonds is 3. The zero-order chi connectivity index (χ0) is 15.5. The van der Waals surface area contributed by atoms with Crippen LogP contribution in [0.2, 0.25) is 0 Å². The largest absolute Gasteiger partial charge is 0.481 e. The number of likely N-dealkylation sites (tertiary alicyclic amines) is 1. The van der Waals surface area contributed by atoms with E-state index >= 15 is 0 Å². The van der Waals surface area contributed by atoms with Crippen molar-refractivity contribution >= 4 is 17.7 Å². The average molecular weight is 303 g/mol. The molecule has 0 aliphatic carbocycles. The summed E-state index contributed by atoms with van der Waals surface area (Å²) in [6.07, 6.45) is 5.37. The molecule has 2 fully saturated rings. The summed E-state index contributed by atoms with van der Waals surface area (Å²) in [6, 6.07) is 3.69. The minimum atomic E-state index is -0.819. The first-order chi connectivity index (χ1) is 10.6. The molecular formula is C16H21N3O3. The number of anilines is 1. The number of carboxylic acid groups (broad SMARTS) is 1. The van der Waals surface area contributed by atoms with Gasteiger partial charge in [-0.2, -0.15) is 0 Å². The van der Waals surface area contributed by atoms with Crippen molar-refractivity contribution in [1.82, 2.24) is 9.88 Å². The maximum absolute atomic E-state index is 12.5. The standard InChI is InChI=1S/C16H21N3O3/c20-15(19-9-3-4-13(11-19)16(21)22)12-5-6-14(17-10-12)18-7-1-2-8-18/h5-6,10,13H,1-4,7-9,11H2,(H,21,22). The Bertz CT molecular complexity index is 552. The van der Waals surface area contributed by atoms with Crippen molar-refractivity contribution in [2.75, 3.05) is 31.1 Å². The Labute approximate surface area is 129 Å². The van der Waals surface area contributed by atoms with E-state index in [4.69, 9.17) is 5.11 Å². The number of hydrogen-bond donors (Lipinski definition) is 1. The number of nitrogens with zero attached hydrogens (tertiary/aromatic N) is 3. The Hall–Kier alpha value is -2.11. The Kier molecular flexibility index (Phi) is 4.27. The van der Waals surface area contributed by atoms with Crippen molar-refractivity contribution in [2.45, 2.75) is 25.7 Å². The van der Waals surface area contributed by atoms with Crippen LogP contribution in [0.1, 0.15) is 36.0 Å². The van der Waals surface area contributed by atoms with Crippen LogP contribution in [0.3, 0.4) is 0 Å². The highest BCUT2D eigenvalue weighted by molar-refractivity contribution is 5.94. The molecule has 0 radical (unpaired) electrons. The van der Waals surface area contributed by atoms with Gasteiger partial charge in [-0.15, -0.1) is 0 Å². The van der Waals surface area contributed by atoms with Crippen LogP contribution in [0.5, 0.6) is 0 Å². The lowest BCUT2D eigenvalue weighted by atomic mass is 9.98. The second kappa shape index (κ2) is 6.34. The maximum Gasteiger partial charge on any atom is 0.308 e. The second-order valence-electron chi connectivity index (χ2n) is 6.03. The first-order valence-corrected chi connectivity index (χ1v) is 7.88. The molecule has 2 aliphatic heterocycles. The van der Waals surface area contributed by atoms with Gasteiger partial charge in [0.1, 0.15) is 5.82 Å². The molecule has 1 amide bonds. The SMILES string of the molecule is O=C(O)C1CCCN(C(=O)c2ccc(N3CCCC3)nc2)C1. The number of carboxylic acids is 1. The molecule has 118 valence electrons. The monoisotopic (exact) mass is 303 g/mol. The predicted octanol–water partition coefficient (Wildman–Crippen LogP) is 1.62. The topological polar surface area (TPSA) is 73.7 Å². The Morgan fingerprint density at radius 1 is 1.14 bits per heavy atom. The van der Waals surface area contributed by atoms with Gasteiger partial charge in [0.25, 0.3) is 5.91 Å². The zero-order valence-electron chi connectivity index (χ0n) is 12.6. The molecule has 1 aromatic rings. The number of aliphatic carboxylic acids is 1. The summed E-state index contributed by atoms with van der Waals surface area (Å²) in [6.45, 7) is 2.96. The van der Waals surface area contributed by atoms with Crippen molar-refractivity contribution in [1.29, 1.82) is 0 Å². The minimum absolute atomic E-state index is 0.119. The lowest BCUT2D eigenvalue weighted by Crippen LogP contribution is -2.42. The molecule has 3 rings (SSSR count). The van der Waals surface area contributed by atoms with Crippen LogP contribution < -0.4 is 4.90 Å². The van der Waals surface area contributed by atoms with E-state index in [1.54, 1.807) is 17.2 Å². The number of pyridine rings is 1. The van der Waals surface area contributed by atoms with Gasteiger partial charge in [0.15, 0.2) is 0 Å². The highest BCUT2D eigenvalue weighted by atomic mass is 16.4. The molecule has 0 saturated carbocycles. The fourth-order valence-electron chi connectivity index (χ4n) is 3.19. The Morgan fingerprint density at radius 3 is 2.55 bits per heavy atom. The summed E-state index contributed by atoms with van der Waals surface area (Å²) < 4.78 is 0. The van der Waals surface area contributed by atoms with Crippen molar-refractivity contribution in [3.8, 4) is 0 Å². The van der Waals surface area contributed by atoms with Crippen LogP contribution in [0.15, 0.2) is 18.3 Å². The van der Waals surface area contributed by atoms with Gasteiger partial charge in [-0.05, 0) is 37.8 Å². The first-order valence-electron chi connectivity index (χ1n) is 7.88. The van der Waals surface area contributed by atoms with E-state index in [1.165, 1.54) is 12.8 Å². The number of carbonyl (C=O) groups is 2. The van der Waals surface area contributed by atoms with Crippen molar-refractivity contribution in [3.63, 3.8) is 0 Å². The van der Waals surface area contributed by atoms with Crippen molar-refractivity contribution in [3.05, 3.63) is 23.9 Å². The third kappa shape index (κ3) is 3.05. The number of piperidine rings is 1. The molecule has 0 bridgehead atoms. The molecule has 1 N–H and O–H groups in total. The van der Waals surface area contributed by atoms with E-state index in [2.05, 4.69) is 9.88 Å². The Morgan fingerprint density at radius 2 is 1.91 bits per heavy atom. The molecule has 2 aliphatic rings. The van der Waals surface area contributed by atoms with E-state index in [0.29, 0.717) is 25.1 Å². The van der Waals surface area contributed by atoms with Gasteiger partial charge < -0.3 is 14.9 Å². The molecule has 1 unspecified atom stereocenters. The van der Waals surface area contributed by atoms with Crippen LogP contribution in [0, 0.1) is 5.92 Å². The van der Waals surface area contributed by atoms with Gasteiger partial charge in [-0.1, -0.05) is 0 Å². The lowest BCUT2D eigenvalue weighted by Gasteiger charge is -2.30. The lowest BCUT2D eigenvalue weighted by molar-refractivity contribution is -0.143. The van der Waals surface area contributed by atoms with E-state index in [0.717, 1.165) is 25.3 Å². The van der Waals surface area contributed by atoms with Crippen molar-refractivity contribution < 1.29 is 14.7 Å². The van der Waals surface area contributed by atoms with Crippen LogP contribution in [-0.4, -0.2) is 53.0 Å². The molecule has 6 nitrogen and oxygen atoms in total. The van der Waals surface area contributed by atoms with Crippen LogP contribution >= 0.6 is 0 Å². The van der Waals surface area contributed by atoms with E-state index in [1.807, 2.05) is 6.07 Å². The summed E-state index contributed by atoms with van der Waals surface area (Å²) in [5.41, 5.74) is 0.536. The second-order valence-corrected chi connectivity index (χ2v) is 6.03. The number of aromatic nitrogens is 1. The van der Waals surface area contributed by atoms with Gasteiger partial charge in [-0.25, -0.2) is 4.98 Å². The maximum atomic E-state index is 12.5. The van der Waals surface area contributed by atoms with Gasteiger partial charge in [-0.3, -0.25) is 9.59 Å². The van der Waals surface area contributed by atoms with E-state index in [9.17, 15) is 9.59 Å². The molecule has 3 heterocycles. The molecule has 0 spiro atoms. The predicted molar refractivity (Wildman–Crippen MR) is 81.9 cm³/mol. The molecule has 22 heavy (non-hydrogen) atoms. The summed E-state index contributed by atoms with van der Waals surface area (Å²) in [5.74, 6) is -0.475. The molecule has 1 aromatic heterocycles. The molecule has 2 saturated heterocycles. The fraction of sp³-hybridized carbons (Fsp3) is 0.562. The van der Waals surface area contributed by atoms with Gasteiger partial charge in [0.2, 0.25) is 0 Å². The fourth-order valence-corrected chi connectivity index (χ4v) is 3.19. The molecular weight excluding hydrogens is 282 g/mol. The highest BCUT2D eigenvalue weighted by Crippen LogP contribution is 2.21. The number of hydrogen-bond acceptors (Lipinski definition) is 4. The summed E-state index contributed by atoms with van der Waals surface area (Å²) in [4.78, 5) is 31.8. The number of carbonyl (C=O) groups excluding carboxylic acids is 1. The number of amides is 1. The molecule has 1 atom stereocenters. The summed E-state index contributed by atoms with van der Waals surface area (Å²) in [5, 5.41) is 9.11. The van der Waals surface area contributed by atoms with E-state index < -0.39 is 11.9 Å². The van der Waals surface area contributed by atoms with E-state index in [-0.39, 0.29) is 5.91 Å². The average Bonchev–Trinajstić information content (AvgIpc) is 3.09. The summed E-state index contributed by atoms with van der Waals surface area (Å²) >= 11 is 0. The van der Waals surface area contributed by atoms with Gasteiger partial charge in [0, 0.05) is 32.4 Å². The van der Waals surface area contributed by atoms with Crippen molar-refractivity contribution in [2.24, 2.45) is 5.92 Å². The van der Waals surface area contributed by atoms with Gasteiger partial charge >= 0.3 is 5.97 Å². The van der Waals surface area contributed by atoms with Crippen LogP contribution in [-0.2, 0) is 4.79 Å². The smallest absolute Gasteiger partial charge is 0.308 e. The third-order valence-corrected chi connectivity index (χ3v) is 4.48. The van der Waals surface area contributed by atoms with Crippen LogP contribution in [0.4, 0.5) is 5.82 Å². The van der Waals surface area contributed by atoms with Gasteiger partial charge in [0.05, 0.1) is 11.5 Å². The third-order valence-electron chi connectivity index (χ3n) is 4.48. The quantitative estimate of drug-likeness (QED) is 0.918. The zero-order valence-corrected chi connectivity index (χ0v) is 12.6. The minimum Gasteiger partial charge on any atom is -0.481 e. The molecule has 0 aromatic carbocycles.